The molecule has 0 N–H and O–H groups in total. The minimum absolute atomic E-state index is 0.119. The van der Waals surface area contributed by atoms with Crippen molar-refractivity contribution in [2.24, 2.45) is 0 Å². The highest BCUT2D eigenvalue weighted by Crippen LogP contribution is 2.52. The van der Waals surface area contributed by atoms with E-state index in [0.29, 0.717) is 17.5 Å². The molecule has 9 aromatic carbocycles. The van der Waals surface area contributed by atoms with Crippen LogP contribution in [0.5, 0.6) is 0 Å². The summed E-state index contributed by atoms with van der Waals surface area (Å²) in [7, 11) is 0. The van der Waals surface area contributed by atoms with Crippen molar-refractivity contribution in [2.45, 2.75) is 19.3 Å². The molecule has 0 unspecified atom stereocenters. The Morgan fingerprint density at radius 3 is 1.56 bits per heavy atom. The Labute approximate surface area is 388 Å². The van der Waals surface area contributed by atoms with Crippen molar-refractivity contribution in [3.8, 4) is 67.5 Å². The molecule has 4 heterocycles. The molecule has 0 saturated heterocycles. The van der Waals surface area contributed by atoms with Crippen LogP contribution >= 0.6 is 22.7 Å². The molecule has 0 saturated carbocycles. The van der Waals surface area contributed by atoms with Crippen molar-refractivity contribution < 1.29 is 4.42 Å². The van der Waals surface area contributed by atoms with Gasteiger partial charge in [-0.3, -0.25) is 0 Å². The normalized spacial score (nSPS) is 13.1. The molecule has 14 rings (SSSR count). The molecule has 6 heteroatoms. The molecule has 4 aromatic heterocycles. The summed E-state index contributed by atoms with van der Waals surface area (Å²) < 4.78 is 11.5. The van der Waals surface area contributed by atoms with Gasteiger partial charge in [0.15, 0.2) is 17.5 Å². The first-order valence-electron chi connectivity index (χ1n) is 22.3. The predicted molar refractivity (Wildman–Crippen MR) is 278 cm³/mol. The van der Waals surface area contributed by atoms with E-state index in [2.05, 4.69) is 190 Å². The van der Waals surface area contributed by atoms with Gasteiger partial charge in [-0.15, -0.1) is 22.7 Å². The van der Waals surface area contributed by atoms with Crippen LogP contribution in [-0.2, 0) is 5.41 Å². The standard InChI is InChI=1S/C60H37N3OS2/c1-60(2)46-24-6-3-16-38(46)39-20-10-19-37(56(39)60)36-15-9-14-34(32-36)35-30-31-47-45(33-35)53-42(21-11-25-48(53)64-47)57-61-58(43-22-12-28-51-54(43)40-17-4-7-26-49(40)65-51)63-59(62-57)44-23-13-29-52-55(44)41-18-5-8-27-50(41)66-52/h3-33H,1-2H3. The number of fused-ring (bicyclic) bond motifs is 12. The molecule has 13 aromatic rings. The Morgan fingerprint density at radius 2 is 0.864 bits per heavy atom. The Hall–Kier alpha value is -7.77. The zero-order valence-corrected chi connectivity index (χ0v) is 37.6. The Balaban J connectivity index is 0.968. The fraction of sp³-hybridized carbons (Fsp3) is 0.0500. The molecule has 0 spiro atoms. The SMILES string of the molecule is CC1(C)c2ccccc2-c2cccc(-c3cccc(-c4ccc5oc6cccc(-c7nc(-c8cccc9sc%10ccccc%10c89)nc(-c8cccc9sc%10ccccc%10c89)n7)c6c5c4)c3)c21. The maximum Gasteiger partial charge on any atom is 0.164 e. The topological polar surface area (TPSA) is 51.8 Å². The molecule has 0 radical (unpaired) electrons. The lowest BCUT2D eigenvalue weighted by Crippen LogP contribution is -2.16. The van der Waals surface area contributed by atoms with Crippen molar-refractivity contribution in [3.05, 3.63) is 199 Å². The largest absolute Gasteiger partial charge is 0.456 e. The first-order chi connectivity index (χ1) is 32.5. The molecule has 0 amide bonds. The highest BCUT2D eigenvalue weighted by atomic mass is 32.1. The minimum atomic E-state index is -0.119. The third kappa shape index (κ3) is 5.52. The van der Waals surface area contributed by atoms with Gasteiger partial charge in [0, 0.05) is 73.2 Å². The number of nitrogens with zero attached hydrogens (tertiary/aromatic N) is 3. The number of rotatable bonds is 5. The van der Waals surface area contributed by atoms with Gasteiger partial charge in [-0.1, -0.05) is 153 Å². The van der Waals surface area contributed by atoms with Crippen molar-refractivity contribution in [2.75, 3.05) is 0 Å². The molecule has 4 nitrogen and oxygen atoms in total. The molecule has 1 aliphatic rings. The zero-order valence-electron chi connectivity index (χ0n) is 36.0. The fourth-order valence-corrected chi connectivity index (χ4v) is 13.1. The first-order valence-corrected chi connectivity index (χ1v) is 24.0. The number of furan rings is 1. The Kier molecular flexibility index (Phi) is 8.04. The summed E-state index contributed by atoms with van der Waals surface area (Å²) in [5.74, 6) is 1.88. The van der Waals surface area contributed by atoms with Gasteiger partial charge in [0.25, 0.3) is 0 Å². The zero-order chi connectivity index (χ0) is 43.7. The molecular formula is C60H37N3OS2. The summed E-state index contributed by atoms with van der Waals surface area (Å²) in [6.45, 7) is 4.71. The monoisotopic (exact) mass is 879 g/mol. The van der Waals surface area contributed by atoms with Gasteiger partial charge in [-0.25, -0.2) is 15.0 Å². The van der Waals surface area contributed by atoms with Crippen LogP contribution in [0.1, 0.15) is 25.0 Å². The summed E-state index contributed by atoms with van der Waals surface area (Å²) in [5.41, 5.74) is 14.5. The maximum atomic E-state index is 6.65. The van der Waals surface area contributed by atoms with E-state index in [4.69, 9.17) is 19.4 Å². The summed E-state index contributed by atoms with van der Waals surface area (Å²) in [4.78, 5) is 16.2. The van der Waals surface area contributed by atoms with Crippen LogP contribution in [0.4, 0.5) is 0 Å². The van der Waals surface area contributed by atoms with Crippen LogP contribution in [0.15, 0.2) is 192 Å². The van der Waals surface area contributed by atoms with Crippen molar-refractivity contribution in [3.63, 3.8) is 0 Å². The van der Waals surface area contributed by atoms with E-state index in [0.717, 1.165) is 60.5 Å². The van der Waals surface area contributed by atoms with Crippen molar-refractivity contribution in [1.82, 2.24) is 15.0 Å². The lowest BCUT2D eigenvalue weighted by molar-refractivity contribution is 0.662. The summed E-state index contributed by atoms with van der Waals surface area (Å²) in [6.07, 6.45) is 0. The minimum Gasteiger partial charge on any atom is -0.456 e. The van der Waals surface area contributed by atoms with Crippen LogP contribution in [0.3, 0.4) is 0 Å². The van der Waals surface area contributed by atoms with E-state index in [9.17, 15) is 0 Å². The summed E-state index contributed by atoms with van der Waals surface area (Å²) in [5, 5.41) is 6.72. The van der Waals surface area contributed by atoms with E-state index < -0.39 is 0 Å². The van der Waals surface area contributed by atoms with Crippen molar-refractivity contribution in [1.29, 1.82) is 0 Å². The molecular weight excluding hydrogens is 843 g/mol. The van der Waals surface area contributed by atoms with Crippen LogP contribution in [0, 0.1) is 0 Å². The molecule has 0 aliphatic heterocycles. The lowest BCUT2D eigenvalue weighted by atomic mass is 9.78. The summed E-state index contributed by atoms with van der Waals surface area (Å²) >= 11 is 3.60. The first kappa shape index (κ1) is 37.6. The molecule has 0 atom stereocenters. The molecule has 1 aliphatic carbocycles. The maximum absolute atomic E-state index is 6.65. The van der Waals surface area contributed by atoms with Gasteiger partial charge in [-0.05, 0) is 93.0 Å². The number of thiophene rings is 2. The Morgan fingerprint density at radius 1 is 0.364 bits per heavy atom. The van der Waals surface area contributed by atoms with E-state index in [-0.39, 0.29) is 5.41 Å². The highest BCUT2D eigenvalue weighted by molar-refractivity contribution is 7.26. The van der Waals surface area contributed by atoms with E-state index in [1.807, 2.05) is 12.1 Å². The van der Waals surface area contributed by atoms with Gasteiger partial charge < -0.3 is 4.42 Å². The van der Waals surface area contributed by atoms with E-state index in [1.165, 1.54) is 63.0 Å². The molecule has 310 valence electrons. The molecule has 0 bridgehead atoms. The number of benzene rings is 9. The van der Waals surface area contributed by atoms with Gasteiger partial charge in [0.2, 0.25) is 0 Å². The van der Waals surface area contributed by atoms with Crippen molar-refractivity contribution >= 4 is 85.0 Å². The third-order valence-corrected chi connectivity index (χ3v) is 16.0. The average molecular weight is 880 g/mol. The second-order valence-corrected chi connectivity index (χ2v) is 20.0. The highest BCUT2D eigenvalue weighted by Gasteiger charge is 2.37. The van der Waals surface area contributed by atoms with Crippen LogP contribution in [0.25, 0.3) is 130 Å². The number of aromatic nitrogens is 3. The fourth-order valence-electron chi connectivity index (χ4n) is 10.8. The van der Waals surface area contributed by atoms with E-state index >= 15 is 0 Å². The second kappa shape index (κ2) is 14.1. The Bertz CT molecular complexity index is 4040. The van der Waals surface area contributed by atoms with Gasteiger partial charge in [-0.2, -0.15) is 0 Å². The smallest absolute Gasteiger partial charge is 0.164 e. The van der Waals surface area contributed by atoms with Crippen LogP contribution in [-0.4, -0.2) is 15.0 Å². The van der Waals surface area contributed by atoms with Crippen LogP contribution in [0.2, 0.25) is 0 Å². The third-order valence-electron chi connectivity index (χ3n) is 13.7. The summed E-state index contributed by atoms with van der Waals surface area (Å²) in [6, 6.07) is 67.6. The quantitative estimate of drug-likeness (QED) is 0.173. The van der Waals surface area contributed by atoms with Gasteiger partial charge in [0.05, 0.1) is 0 Å². The molecule has 66 heavy (non-hydrogen) atoms. The average Bonchev–Trinajstić information content (AvgIpc) is 4.12. The predicted octanol–water partition coefficient (Wildman–Crippen LogP) is 17.1. The van der Waals surface area contributed by atoms with Gasteiger partial charge >= 0.3 is 0 Å². The number of hydrogen-bond donors (Lipinski definition) is 0. The lowest BCUT2D eigenvalue weighted by Gasteiger charge is -2.24. The second-order valence-electron chi connectivity index (χ2n) is 17.8. The molecule has 0 fully saturated rings. The van der Waals surface area contributed by atoms with Crippen LogP contribution < -0.4 is 0 Å². The van der Waals surface area contributed by atoms with Gasteiger partial charge in [0.1, 0.15) is 11.2 Å². The number of hydrogen-bond acceptors (Lipinski definition) is 6. The van der Waals surface area contributed by atoms with E-state index in [1.54, 1.807) is 22.7 Å².